The number of ether oxygens (including phenoxy) is 1. The average Bonchev–Trinajstić information content (AvgIpc) is 2.98. The first-order valence-corrected chi connectivity index (χ1v) is 11.9. The number of aryl methyl sites for hydroxylation is 2. The van der Waals surface area contributed by atoms with Crippen LogP contribution >= 0.6 is 0 Å². The van der Waals surface area contributed by atoms with Gasteiger partial charge in [0.15, 0.2) is 0 Å². The standard InChI is InChI=1S/C30H31NO3/c1-3-34-29(33)19-16-23-12-14-24(15-13-23)20-21-30(31-22(2)32)27-10-6-4-8-25(27)17-18-26-9-5-7-11-28(26)30/h4-15,17-18H,3,16,19-21H2,1-2H3,(H,31,32). The van der Waals surface area contributed by atoms with Crippen molar-refractivity contribution >= 4 is 24.0 Å². The summed E-state index contributed by atoms with van der Waals surface area (Å²) in [5.74, 6) is -0.219. The minimum Gasteiger partial charge on any atom is -0.466 e. The molecule has 3 aromatic carbocycles. The molecular formula is C30H31NO3. The van der Waals surface area contributed by atoms with Gasteiger partial charge >= 0.3 is 5.97 Å². The van der Waals surface area contributed by atoms with Gasteiger partial charge in [-0.1, -0.05) is 84.9 Å². The molecule has 1 aliphatic carbocycles. The number of hydrogen-bond acceptors (Lipinski definition) is 3. The number of nitrogens with one attached hydrogen (secondary N) is 1. The predicted molar refractivity (Wildman–Crippen MR) is 136 cm³/mol. The molecule has 0 bridgehead atoms. The zero-order chi connectivity index (χ0) is 24.0. The molecule has 0 saturated carbocycles. The van der Waals surface area contributed by atoms with E-state index < -0.39 is 5.54 Å². The Morgan fingerprint density at radius 3 is 1.85 bits per heavy atom. The van der Waals surface area contributed by atoms with Crippen LogP contribution in [0, 0.1) is 0 Å². The Labute approximate surface area is 201 Å². The first kappa shape index (κ1) is 23.5. The lowest BCUT2D eigenvalue weighted by atomic mass is 9.76. The minimum absolute atomic E-state index is 0.0548. The summed E-state index contributed by atoms with van der Waals surface area (Å²) in [5.41, 5.74) is 6.11. The Bertz CT molecular complexity index is 1140. The van der Waals surface area contributed by atoms with Crippen LogP contribution in [0.5, 0.6) is 0 Å². The average molecular weight is 454 g/mol. The molecule has 0 atom stereocenters. The largest absolute Gasteiger partial charge is 0.466 e. The molecule has 1 aliphatic rings. The lowest BCUT2D eigenvalue weighted by Gasteiger charge is -2.37. The number of rotatable bonds is 8. The van der Waals surface area contributed by atoms with Crippen molar-refractivity contribution in [1.29, 1.82) is 0 Å². The first-order chi connectivity index (χ1) is 16.5. The van der Waals surface area contributed by atoms with E-state index in [0.29, 0.717) is 19.4 Å². The Hall–Kier alpha value is -3.66. The highest BCUT2D eigenvalue weighted by Gasteiger charge is 2.38. The summed E-state index contributed by atoms with van der Waals surface area (Å²) < 4.78 is 5.02. The van der Waals surface area contributed by atoms with E-state index in [-0.39, 0.29) is 11.9 Å². The summed E-state index contributed by atoms with van der Waals surface area (Å²) in [6, 6.07) is 25.0. The highest BCUT2D eigenvalue weighted by Crippen LogP contribution is 2.41. The van der Waals surface area contributed by atoms with Gasteiger partial charge < -0.3 is 10.1 Å². The molecular weight excluding hydrogens is 422 g/mol. The summed E-state index contributed by atoms with van der Waals surface area (Å²) in [7, 11) is 0. The second-order valence-electron chi connectivity index (χ2n) is 8.72. The third-order valence-electron chi connectivity index (χ3n) is 6.41. The van der Waals surface area contributed by atoms with Crippen molar-refractivity contribution in [3.8, 4) is 0 Å². The third kappa shape index (κ3) is 5.12. The van der Waals surface area contributed by atoms with Gasteiger partial charge in [0.25, 0.3) is 0 Å². The van der Waals surface area contributed by atoms with Crippen LogP contribution < -0.4 is 5.32 Å². The number of benzene rings is 3. The summed E-state index contributed by atoms with van der Waals surface area (Å²) in [6.45, 7) is 3.82. The molecule has 0 spiro atoms. The summed E-state index contributed by atoms with van der Waals surface area (Å²) in [4.78, 5) is 24.2. The number of fused-ring (bicyclic) bond motifs is 2. The predicted octanol–water partition coefficient (Wildman–Crippen LogP) is 5.68. The van der Waals surface area contributed by atoms with Crippen molar-refractivity contribution in [1.82, 2.24) is 5.32 Å². The number of amides is 1. The Morgan fingerprint density at radius 1 is 0.794 bits per heavy atom. The van der Waals surface area contributed by atoms with Crippen molar-refractivity contribution in [3.05, 3.63) is 106 Å². The molecule has 0 saturated heterocycles. The van der Waals surface area contributed by atoms with Crippen molar-refractivity contribution in [2.75, 3.05) is 6.61 Å². The topological polar surface area (TPSA) is 55.4 Å². The van der Waals surface area contributed by atoms with Crippen LogP contribution in [-0.2, 0) is 32.7 Å². The maximum Gasteiger partial charge on any atom is 0.306 e. The lowest BCUT2D eigenvalue weighted by Crippen LogP contribution is -2.47. The number of carbonyl (C=O) groups is 2. The normalized spacial score (nSPS) is 13.4. The molecule has 4 nitrogen and oxygen atoms in total. The quantitative estimate of drug-likeness (QED) is 0.447. The van der Waals surface area contributed by atoms with E-state index in [0.717, 1.165) is 40.7 Å². The van der Waals surface area contributed by atoms with Crippen LogP contribution in [0.3, 0.4) is 0 Å². The summed E-state index contributed by atoms with van der Waals surface area (Å²) in [5, 5.41) is 3.34. The van der Waals surface area contributed by atoms with Gasteiger partial charge in [-0.2, -0.15) is 0 Å². The maximum atomic E-state index is 12.5. The van der Waals surface area contributed by atoms with Gasteiger partial charge in [0.2, 0.25) is 5.91 Å². The van der Waals surface area contributed by atoms with Crippen LogP contribution in [0.2, 0.25) is 0 Å². The second-order valence-corrected chi connectivity index (χ2v) is 8.72. The molecule has 4 heteroatoms. The van der Waals surface area contributed by atoms with Crippen molar-refractivity contribution in [3.63, 3.8) is 0 Å². The molecule has 1 N–H and O–H groups in total. The zero-order valence-corrected chi connectivity index (χ0v) is 19.8. The fraction of sp³-hybridized carbons (Fsp3) is 0.267. The molecule has 174 valence electrons. The van der Waals surface area contributed by atoms with Gasteiger partial charge in [0, 0.05) is 13.3 Å². The molecule has 0 unspecified atom stereocenters. The van der Waals surface area contributed by atoms with Gasteiger partial charge in [-0.25, -0.2) is 0 Å². The second kappa shape index (κ2) is 10.5. The van der Waals surface area contributed by atoms with Crippen LogP contribution in [-0.4, -0.2) is 18.5 Å². The highest BCUT2D eigenvalue weighted by atomic mass is 16.5. The van der Waals surface area contributed by atoms with E-state index >= 15 is 0 Å². The van der Waals surface area contributed by atoms with E-state index in [1.165, 1.54) is 5.56 Å². The zero-order valence-electron chi connectivity index (χ0n) is 19.8. The van der Waals surface area contributed by atoms with E-state index in [4.69, 9.17) is 4.74 Å². The van der Waals surface area contributed by atoms with E-state index in [1.54, 1.807) is 6.92 Å². The van der Waals surface area contributed by atoms with Crippen molar-refractivity contribution < 1.29 is 14.3 Å². The molecule has 0 heterocycles. The molecule has 0 aromatic heterocycles. The summed E-state index contributed by atoms with van der Waals surface area (Å²) in [6.07, 6.45) is 6.85. The first-order valence-electron chi connectivity index (χ1n) is 11.9. The molecule has 4 rings (SSSR count). The van der Waals surface area contributed by atoms with Gasteiger partial charge in [-0.15, -0.1) is 0 Å². The van der Waals surface area contributed by atoms with Crippen LogP contribution in [0.4, 0.5) is 0 Å². The van der Waals surface area contributed by atoms with Gasteiger partial charge in [0.1, 0.15) is 0 Å². The smallest absolute Gasteiger partial charge is 0.306 e. The number of hydrogen-bond donors (Lipinski definition) is 1. The maximum absolute atomic E-state index is 12.5. The molecule has 1 amide bonds. The number of esters is 1. The lowest BCUT2D eigenvalue weighted by molar-refractivity contribution is -0.143. The van der Waals surface area contributed by atoms with Crippen LogP contribution in [0.1, 0.15) is 60.1 Å². The third-order valence-corrected chi connectivity index (χ3v) is 6.41. The molecule has 34 heavy (non-hydrogen) atoms. The fourth-order valence-electron chi connectivity index (χ4n) is 4.84. The number of carbonyl (C=O) groups excluding carboxylic acids is 2. The molecule has 0 radical (unpaired) electrons. The highest BCUT2D eigenvalue weighted by molar-refractivity contribution is 5.81. The monoisotopic (exact) mass is 453 g/mol. The molecule has 3 aromatic rings. The van der Waals surface area contributed by atoms with Gasteiger partial charge in [-0.05, 0) is 59.6 Å². The van der Waals surface area contributed by atoms with Gasteiger partial charge in [-0.3, -0.25) is 9.59 Å². The summed E-state index contributed by atoms with van der Waals surface area (Å²) >= 11 is 0. The van der Waals surface area contributed by atoms with E-state index in [1.807, 2.05) is 31.2 Å². The van der Waals surface area contributed by atoms with E-state index in [2.05, 4.69) is 66.0 Å². The molecule has 0 fully saturated rings. The van der Waals surface area contributed by atoms with Crippen LogP contribution in [0.15, 0.2) is 72.8 Å². The Morgan fingerprint density at radius 2 is 1.32 bits per heavy atom. The van der Waals surface area contributed by atoms with Crippen molar-refractivity contribution in [2.24, 2.45) is 0 Å². The van der Waals surface area contributed by atoms with Gasteiger partial charge in [0.05, 0.1) is 12.1 Å². The Kier molecular flexibility index (Phi) is 7.27. The minimum atomic E-state index is -0.634. The SMILES string of the molecule is CCOC(=O)CCc1ccc(CCC2(NC(C)=O)c3ccccc3C=Cc3ccccc32)cc1. The fourth-order valence-corrected chi connectivity index (χ4v) is 4.84. The molecule has 0 aliphatic heterocycles. The van der Waals surface area contributed by atoms with Crippen molar-refractivity contribution in [2.45, 2.75) is 45.1 Å². The Balaban J connectivity index is 1.63. The van der Waals surface area contributed by atoms with Crippen LogP contribution in [0.25, 0.3) is 12.2 Å². The van der Waals surface area contributed by atoms with E-state index in [9.17, 15) is 9.59 Å².